The van der Waals surface area contributed by atoms with Crippen LogP contribution in [0.5, 0.6) is 0 Å². The molecule has 1 aromatic heterocycles. The minimum atomic E-state index is -0.199. The number of fused-ring (bicyclic) bond motifs is 7. The third kappa shape index (κ3) is 3.81. The van der Waals surface area contributed by atoms with Crippen LogP contribution in [0.2, 0.25) is 5.02 Å². The third-order valence-corrected chi connectivity index (χ3v) is 7.16. The van der Waals surface area contributed by atoms with Crippen molar-refractivity contribution in [2.75, 3.05) is 0 Å². The summed E-state index contributed by atoms with van der Waals surface area (Å²) in [5, 5.41) is 5.63. The fourth-order valence-electron chi connectivity index (χ4n) is 5.01. The van der Waals surface area contributed by atoms with Crippen LogP contribution in [-0.4, -0.2) is 4.98 Å². The Hall–Kier alpha value is -3.81. The van der Waals surface area contributed by atoms with E-state index in [9.17, 15) is 0 Å². The summed E-state index contributed by atoms with van der Waals surface area (Å²) < 4.78 is 26.1. The monoisotopic (exact) mass is 488 g/mol. The molecular weight excluding hydrogens is 458 g/mol. The largest absolute Gasteiger partial charge is 0.354 e. The molecule has 6 aromatic rings. The Morgan fingerprint density at radius 2 is 1.28 bits per heavy atom. The first-order chi connectivity index (χ1) is 18.7. The lowest BCUT2D eigenvalue weighted by Gasteiger charge is -2.21. The number of rotatable bonds is 1. The smallest absolute Gasteiger partial charge is 0.0645 e. The van der Waals surface area contributed by atoms with Gasteiger partial charge in [-0.25, -0.2) is 0 Å². The van der Waals surface area contributed by atoms with Crippen molar-refractivity contribution in [3.63, 3.8) is 0 Å². The fourth-order valence-corrected chi connectivity index (χ4v) is 5.25. The van der Waals surface area contributed by atoms with E-state index < -0.39 is 0 Å². The van der Waals surface area contributed by atoms with Gasteiger partial charge in [-0.15, -0.1) is 0 Å². The number of benzene rings is 5. The number of hydrogen-bond donors (Lipinski definition) is 1. The lowest BCUT2D eigenvalue weighted by atomic mass is 9.83. The van der Waals surface area contributed by atoms with Crippen LogP contribution >= 0.6 is 11.6 Å². The predicted molar refractivity (Wildman–Crippen MR) is 158 cm³/mol. The maximum absolute atomic E-state index is 8.98. The maximum Gasteiger partial charge on any atom is 0.0645 e. The van der Waals surface area contributed by atoms with Gasteiger partial charge >= 0.3 is 0 Å². The van der Waals surface area contributed by atoms with Crippen LogP contribution in [0, 0.1) is 0 Å². The number of hydrogen-bond acceptors (Lipinski definition) is 0. The summed E-state index contributed by atoms with van der Waals surface area (Å²) in [6, 6.07) is 30.6. The van der Waals surface area contributed by atoms with Crippen LogP contribution < -0.4 is 0 Å². The highest BCUT2D eigenvalue weighted by Crippen LogP contribution is 2.39. The molecule has 176 valence electrons. The van der Waals surface area contributed by atoms with Gasteiger partial charge in [0.05, 0.1) is 14.7 Å². The number of halogens is 1. The first kappa shape index (κ1) is 19.4. The molecule has 0 atom stereocenters. The van der Waals surface area contributed by atoms with Gasteiger partial charge in [-0.3, -0.25) is 0 Å². The van der Waals surface area contributed by atoms with Crippen LogP contribution in [0.15, 0.2) is 109 Å². The maximum atomic E-state index is 8.98. The molecule has 1 heterocycles. The molecule has 36 heavy (non-hydrogen) atoms. The first-order valence-electron chi connectivity index (χ1n) is 13.7. The van der Waals surface area contributed by atoms with Crippen LogP contribution in [0.4, 0.5) is 0 Å². The zero-order valence-electron chi connectivity index (χ0n) is 23.5. The molecule has 0 amide bonds. The van der Waals surface area contributed by atoms with E-state index in [1.165, 1.54) is 5.56 Å². The Kier molecular flexibility index (Phi) is 4.68. The lowest BCUT2D eigenvalue weighted by Crippen LogP contribution is -2.11. The summed E-state index contributed by atoms with van der Waals surface area (Å²) in [7, 11) is 0. The van der Waals surface area contributed by atoms with Gasteiger partial charge in [-0.05, 0) is 62.3 Å². The molecule has 0 aliphatic heterocycles. The van der Waals surface area contributed by atoms with E-state index in [0.717, 1.165) is 43.6 Å². The molecular formula is C34H28ClN. The van der Waals surface area contributed by atoms with Crippen molar-refractivity contribution in [2.24, 2.45) is 0 Å². The van der Waals surface area contributed by atoms with E-state index in [-0.39, 0.29) is 28.6 Å². The fraction of sp³-hybridized carbons (Fsp3) is 0.118. The molecule has 0 radical (unpaired) electrons. The summed E-state index contributed by atoms with van der Waals surface area (Å²) in [4.78, 5) is 3.61. The van der Waals surface area contributed by atoms with E-state index in [2.05, 4.69) is 74.3 Å². The second-order valence-electron chi connectivity index (χ2n) is 10.2. The predicted octanol–water partition coefficient (Wildman–Crippen LogP) is 10.4. The lowest BCUT2D eigenvalue weighted by molar-refractivity contribution is 0.591. The van der Waals surface area contributed by atoms with Crippen molar-refractivity contribution in [3.05, 3.63) is 120 Å². The molecule has 0 fully saturated rings. The normalized spacial score (nSPS) is 13.1. The van der Waals surface area contributed by atoms with Gasteiger partial charge in [0.1, 0.15) is 0 Å². The van der Waals surface area contributed by atoms with Crippen molar-refractivity contribution >= 4 is 55.0 Å². The molecule has 5 aromatic carbocycles. The van der Waals surface area contributed by atoms with Crippen molar-refractivity contribution in [1.82, 2.24) is 4.98 Å². The van der Waals surface area contributed by atoms with Gasteiger partial charge in [0.25, 0.3) is 0 Å². The average molecular weight is 489 g/mol. The Balaban J connectivity index is 2.07. The molecule has 6 rings (SSSR count). The van der Waals surface area contributed by atoms with Crippen molar-refractivity contribution in [1.29, 1.82) is 0 Å². The zero-order chi connectivity index (χ0) is 27.5. The van der Waals surface area contributed by atoms with E-state index in [1.54, 1.807) is 0 Å². The minimum absolute atomic E-state index is 0.0509. The standard InChI is InChI=1S/C34H28ClN/c1-34(2,3)23-20-28(22-12-5-4-6-13-22)33-29(21-23)26-16-8-7-14-24(26)25-15-9-10-17-27(25)32-30(35)18-11-19-31(32)36-33/h4-21,36H,1-3H3/i11D,18D,19D. The highest BCUT2D eigenvalue weighted by Gasteiger charge is 2.18. The van der Waals surface area contributed by atoms with Crippen LogP contribution in [-0.2, 0) is 5.41 Å². The highest BCUT2D eigenvalue weighted by atomic mass is 35.5. The van der Waals surface area contributed by atoms with Crippen molar-refractivity contribution < 1.29 is 4.11 Å². The minimum Gasteiger partial charge on any atom is -0.354 e. The van der Waals surface area contributed by atoms with E-state index in [0.29, 0.717) is 10.9 Å². The second kappa shape index (κ2) is 8.69. The molecule has 0 bridgehead atoms. The summed E-state index contributed by atoms with van der Waals surface area (Å²) in [6.07, 6.45) is 0. The van der Waals surface area contributed by atoms with Gasteiger partial charge in [0.15, 0.2) is 0 Å². The molecule has 0 spiro atoms. The highest BCUT2D eigenvalue weighted by molar-refractivity contribution is 6.38. The van der Waals surface area contributed by atoms with Gasteiger partial charge in [-0.1, -0.05) is 117 Å². The van der Waals surface area contributed by atoms with E-state index in [4.69, 9.17) is 15.7 Å². The van der Waals surface area contributed by atoms with Gasteiger partial charge in [-0.2, -0.15) is 0 Å². The summed E-state index contributed by atoms with van der Waals surface area (Å²) in [5.74, 6) is 0. The third-order valence-electron chi connectivity index (χ3n) is 6.87. The second-order valence-corrected chi connectivity index (χ2v) is 10.6. The summed E-state index contributed by atoms with van der Waals surface area (Å²) in [5.41, 5.74) is 4.41. The Bertz CT molecular complexity index is 1980. The van der Waals surface area contributed by atoms with Crippen LogP contribution in [0.3, 0.4) is 0 Å². The van der Waals surface area contributed by atoms with Crippen molar-refractivity contribution in [2.45, 2.75) is 26.2 Å². The molecule has 0 unspecified atom stereocenters. The van der Waals surface area contributed by atoms with E-state index in [1.807, 2.05) is 42.5 Å². The zero-order valence-corrected chi connectivity index (χ0v) is 21.3. The van der Waals surface area contributed by atoms with Gasteiger partial charge in [0, 0.05) is 21.9 Å². The first-order valence-corrected chi connectivity index (χ1v) is 12.5. The Morgan fingerprint density at radius 3 is 1.94 bits per heavy atom. The van der Waals surface area contributed by atoms with Crippen molar-refractivity contribution in [3.8, 4) is 11.1 Å². The van der Waals surface area contributed by atoms with E-state index >= 15 is 0 Å². The summed E-state index contributed by atoms with van der Waals surface area (Å²) in [6.45, 7) is 6.64. The van der Waals surface area contributed by atoms with Gasteiger partial charge < -0.3 is 4.98 Å². The molecule has 1 N–H and O–H groups in total. The molecule has 2 heteroatoms. The Labute approximate surface area is 220 Å². The average Bonchev–Trinajstić information content (AvgIpc) is 2.99. The molecule has 0 aliphatic carbocycles. The molecule has 0 aliphatic rings. The number of nitrogens with one attached hydrogen (secondary N) is 1. The molecule has 1 nitrogen and oxygen atoms in total. The van der Waals surface area contributed by atoms with Gasteiger partial charge in [0.2, 0.25) is 0 Å². The summed E-state index contributed by atoms with van der Waals surface area (Å²) >= 11 is 6.86. The number of H-pyrrole nitrogens is 1. The molecule has 0 saturated carbocycles. The van der Waals surface area contributed by atoms with Crippen LogP contribution in [0.25, 0.3) is 54.5 Å². The quantitative estimate of drug-likeness (QED) is 0.237. The van der Waals surface area contributed by atoms with Crippen LogP contribution in [0.1, 0.15) is 30.4 Å². The topological polar surface area (TPSA) is 15.8 Å². The molecule has 0 saturated heterocycles. The Morgan fingerprint density at radius 1 is 0.694 bits per heavy atom. The SMILES string of the molecule is [2H]c1c([2H])c(Cl)c2c([nH]c3c(-c4ccccc4)cc(C(C)(C)C)cc3c3ccccc3c3ccccc32)c1[2H]. The number of aromatic nitrogens is 1. The number of aromatic amines is 1.